The molecule has 0 aliphatic heterocycles. The SMILES string of the molecule is CCn1c(CCNC(=O)C2CC2C(=O)O)nc2ccccc21. The normalized spacial score (nSPS) is 20.0. The molecule has 1 amide bonds. The summed E-state index contributed by atoms with van der Waals surface area (Å²) in [6.07, 6.45) is 1.09. The van der Waals surface area contributed by atoms with Crippen molar-refractivity contribution in [3.63, 3.8) is 0 Å². The van der Waals surface area contributed by atoms with Gasteiger partial charge in [-0.05, 0) is 25.5 Å². The number of aromatic nitrogens is 2. The number of fused-ring (bicyclic) bond motifs is 1. The fourth-order valence-corrected chi connectivity index (χ4v) is 2.86. The minimum Gasteiger partial charge on any atom is -0.481 e. The zero-order chi connectivity index (χ0) is 15.7. The van der Waals surface area contributed by atoms with Gasteiger partial charge in [0.2, 0.25) is 5.91 Å². The van der Waals surface area contributed by atoms with Crippen LogP contribution < -0.4 is 5.32 Å². The number of hydrogen-bond acceptors (Lipinski definition) is 3. The molecule has 1 heterocycles. The Morgan fingerprint density at radius 3 is 2.82 bits per heavy atom. The average molecular weight is 301 g/mol. The van der Waals surface area contributed by atoms with Gasteiger partial charge in [-0.3, -0.25) is 9.59 Å². The van der Waals surface area contributed by atoms with Crippen LogP contribution in [0.5, 0.6) is 0 Å². The molecule has 2 aromatic rings. The quantitative estimate of drug-likeness (QED) is 0.845. The number of carbonyl (C=O) groups excluding carboxylic acids is 1. The van der Waals surface area contributed by atoms with Crippen LogP contribution in [-0.4, -0.2) is 33.1 Å². The van der Waals surface area contributed by atoms with Crippen molar-refractivity contribution in [2.24, 2.45) is 11.8 Å². The van der Waals surface area contributed by atoms with Crippen LogP contribution in [0.1, 0.15) is 19.2 Å². The summed E-state index contributed by atoms with van der Waals surface area (Å²) < 4.78 is 2.14. The summed E-state index contributed by atoms with van der Waals surface area (Å²) in [4.78, 5) is 27.2. The highest BCUT2D eigenvalue weighted by molar-refractivity contribution is 5.89. The summed E-state index contributed by atoms with van der Waals surface area (Å²) in [6.45, 7) is 3.37. The van der Waals surface area contributed by atoms with Gasteiger partial charge in [0.1, 0.15) is 5.82 Å². The molecule has 2 unspecified atom stereocenters. The van der Waals surface area contributed by atoms with Crippen molar-refractivity contribution < 1.29 is 14.7 Å². The second-order valence-electron chi connectivity index (χ2n) is 5.59. The Labute approximate surface area is 128 Å². The highest BCUT2D eigenvalue weighted by Gasteiger charge is 2.48. The Hall–Kier alpha value is -2.37. The summed E-state index contributed by atoms with van der Waals surface area (Å²) in [5.74, 6) is -0.961. The van der Waals surface area contributed by atoms with Gasteiger partial charge in [-0.15, -0.1) is 0 Å². The first-order chi connectivity index (χ1) is 10.6. The van der Waals surface area contributed by atoms with Crippen LogP contribution in [0, 0.1) is 11.8 Å². The number of aliphatic carboxylic acids is 1. The first-order valence-electron chi connectivity index (χ1n) is 7.56. The molecule has 2 atom stereocenters. The molecule has 0 bridgehead atoms. The largest absolute Gasteiger partial charge is 0.481 e. The van der Waals surface area contributed by atoms with Gasteiger partial charge < -0.3 is 15.0 Å². The van der Waals surface area contributed by atoms with Crippen molar-refractivity contribution in [2.75, 3.05) is 6.54 Å². The highest BCUT2D eigenvalue weighted by Crippen LogP contribution is 2.38. The Balaban J connectivity index is 1.60. The van der Waals surface area contributed by atoms with E-state index in [2.05, 4.69) is 21.8 Å². The highest BCUT2D eigenvalue weighted by atomic mass is 16.4. The third-order valence-corrected chi connectivity index (χ3v) is 4.14. The first kappa shape index (κ1) is 14.6. The molecule has 1 fully saturated rings. The van der Waals surface area contributed by atoms with Gasteiger partial charge in [-0.25, -0.2) is 4.98 Å². The maximum atomic E-state index is 11.8. The van der Waals surface area contributed by atoms with E-state index < -0.39 is 11.9 Å². The minimum atomic E-state index is -0.882. The van der Waals surface area contributed by atoms with Crippen LogP contribution in [0.4, 0.5) is 0 Å². The van der Waals surface area contributed by atoms with E-state index in [1.807, 2.05) is 24.3 Å². The number of nitrogens with zero attached hydrogens (tertiary/aromatic N) is 2. The molecule has 2 N–H and O–H groups in total. The number of nitrogens with one attached hydrogen (secondary N) is 1. The molecule has 1 aliphatic carbocycles. The number of carboxylic acids is 1. The number of carboxylic acid groups (broad SMARTS) is 1. The topological polar surface area (TPSA) is 84.2 Å². The molecule has 116 valence electrons. The van der Waals surface area contributed by atoms with E-state index in [4.69, 9.17) is 5.11 Å². The average Bonchev–Trinajstić information content (AvgIpc) is 3.23. The number of imidazole rings is 1. The number of amides is 1. The van der Waals surface area contributed by atoms with E-state index in [0.29, 0.717) is 19.4 Å². The van der Waals surface area contributed by atoms with Crippen molar-refractivity contribution in [1.29, 1.82) is 0 Å². The maximum absolute atomic E-state index is 11.8. The number of aryl methyl sites for hydroxylation is 1. The summed E-state index contributed by atoms with van der Waals surface area (Å²) in [7, 11) is 0. The maximum Gasteiger partial charge on any atom is 0.307 e. The molecule has 1 aliphatic rings. The Morgan fingerprint density at radius 2 is 2.14 bits per heavy atom. The van der Waals surface area contributed by atoms with E-state index in [9.17, 15) is 9.59 Å². The summed E-state index contributed by atoms with van der Waals surface area (Å²) in [5.41, 5.74) is 2.05. The Kier molecular flexibility index (Phi) is 3.83. The molecule has 1 aromatic heterocycles. The smallest absolute Gasteiger partial charge is 0.307 e. The Morgan fingerprint density at radius 1 is 1.36 bits per heavy atom. The second-order valence-corrected chi connectivity index (χ2v) is 5.59. The number of rotatable bonds is 6. The van der Waals surface area contributed by atoms with E-state index in [-0.39, 0.29) is 11.8 Å². The van der Waals surface area contributed by atoms with Crippen LogP contribution in [0.2, 0.25) is 0 Å². The van der Waals surface area contributed by atoms with Crippen molar-refractivity contribution in [3.8, 4) is 0 Å². The molecular formula is C16H19N3O3. The number of para-hydroxylation sites is 2. The van der Waals surface area contributed by atoms with Gasteiger partial charge in [0.05, 0.1) is 22.9 Å². The van der Waals surface area contributed by atoms with E-state index in [1.165, 1.54) is 0 Å². The molecule has 0 saturated heterocycles. The van der Waals surface area contributed by atoms with Crippen LogP contribution in [0.15, 0.2) is 24.3 Å². The predicted octanol–water partition coefficient (Wildman–Crippen LogP) is 1.44. The fraction of sp³-hybridized carbons (Fsp3) is 0.438. The summed E-state index contributed by atoms with van der Waals surface area (Å²) >= 11 is 0. The summed E-state index contributed by atoms with van der Waals surface area (Å²) in [6, 6.07) is 7.96. The monoisotopic (exact) mass is 301 g/mol. The molecule has 0 radical (unpaired) electrons. The standard InChI is InChI=1S/C16H19N3O3/c1-2-19-13-6-4-3-5-12(13)18-14(19)7-8-17-15(20)10-9-11(10)16(21)22/h3-6,10-11H,2,7-9H2,1H3,(H,17,20)(H,21,22). The van der Waals surface area contributed by atoms with E-state index in [1.54, 1.807) is 0 Å². The van der Waals surface area contributed by atoms with Gasteiger partial charge in [-0.2, -0.15) is 0 Å². The van der Waals surface area contributed by atoms with Gasteiger partial charge in [0.25, 0.3) is 0 Å². The zero-order valence-corrected chi connectivity index (χ0v) is 12.5. The van der Waals surface area contributed by atoms with Crippen molar-refractivity contribution >= 4 is 22.9 Å². The molecule has 3 rings (SSSR count). The molecule has 6 nitrogen and oxygen atoms in total. The molecule has 0 spiro atoms. The fourth-order valence-electron chi connectivity index (χ4n) is 2.86. The third kappa shape index (κ3) is 2.68. The first-order valence-corrected chi connectivity index (χ1v) is 7.56. The van der Waals surface area contributed by atoms with Crippen molar-refractivity contribution in [3.05, 3.63) is 30.1 Å². The van der Waals surface area contributed by atoms with Gasteiger partial charge in [0, 0.05) is 19.5 Å². The van der Waals surface area contributed by atoms with Crippen LogP contribution in [0.3, 0.4) is 0 Å². The molecular weight excluding hydrogens is 282 g/mol. The summed E-state index contributed by atoms with van der Waals surface area (Å²) in [5, 5.41) is 11.6. The lowest BCUT2D eigenvalue weighted by molar-refractivity contribution is -0.140. The van der Waals surface area contributed by atoms with Gasteiger partial charge >= 0.3 is 5.97 Å². The third-order valence-electron chi connectivity index (χ3n) is 4.14. The number of hydrogen-bond donors (Lipinski definition) is 2. The lowest BCUT2D eigenvalue weighted by atomic mass is 10.3. The van der Waals surface area contributed by atoms with Crippen molar-refractivity contribution in [1.82, 2.24) is 14.9 Å². The van der Waals surface area contributed by atoms with E-state index in [0.717, 1.165) is 23.4 Å². The lowest BCUT2D eigenvalue weighted by Gasteiger charge is -2.07. The number of carbonyl (C=O) groups is 2. The molecule has 22 heavy (non-hydrogen) atoms. The number of benzene rings is 1. The zero-order valence-electron chi connectivity index (χ0n) is 12.5. The van der Waals surface area contributed by atoms with Crippen LogP contribution >= 0.6 is 0 Å². The second kappa shape index (κ2) is 5.79. The van der Waals surface area contributed by atoms with Gasteiger partial charge in [0.15, 0.2) is 0 Å². The van der Waals surface area contributed by atoms with Crippen LogP contribution in [-0.2, 0) is 22.6 Å². The molecule has 6 heteroatoms. The Bertz CT molecular complexity index is 722. The van der Waals surface area contributed by atoms with Gasteiger partial charge in [-0.1, -0.05) is 12.1 Å². The lowest BCUT2D eigenvalue weighted by Crippen LogP contribution is -2.29. The van der Waals surface area contributed by atoms with Crippen LogP contribution in [0.25, 0.3) is 11.0 Å². The molecule has 1 aromatic carbocycles. The molecule has 1 saturated carbocycles. The van der Waals surface area contributed by atoms with E-state index >= 15 is 0 Å². The minimum absolute atomic E-state index is 0.161. The van der Waals surface area contributed by atoms with Crippen molar-refractivity contribution in [2.45, 2.75) is 26.3 Å². The predicted molar refractivity (Wildman–Crippen MR) is 81.4 cm³/mol.